The van der Waals surface area contributed by atoms with E-state index in [1.54, 1.807) is 0 Å². The minimum atomic E-state index is -0.461. The van der Waals surface area contributed by atoms with Gasteiger partial charge in [-0.1, -0.05) is 0 Å². The molecule has 1 spiro atoms. The van der Waals surface area contributed by atoms with Gasteiger partial charge < -0.3 is 19.7 Å². The molecule has 2 amide bonds. The number of nitrogens with zero attached hydrogens (tertiary/aromatic N) is 2. The lowest BCUT2D eigenvalue weighted by Crippen LogP contribution is -2.45. The first kappa shape index (κ1) is 17.2. The molecule has 0 radical (unpaired) electrons. The van der Waals surface area contributed by atoms with E-state index in [9.17, 15) is 4.79 Å². The fourth-order valence-electron chi connectivity index (χ4n) is 5.26. The van der Waals surface area contributed by atoms with Crippen molar-refractivity contribution in [2.24, 2.45) is 0 Å². The van der Waals surface area contributed by atoms with Gasteiger partial charge in [0.2, 0.25) is 0 Å². The number of nitrogens with one attached hydrogen (secondary N) is 1. The van der Waals surface area contributed by atoms with Crippen molar-refractivity contribution in [1.29, 1.82) is 0 Å². The van der Waals surface area contributed by atoms with Gasteiger partial charge in [0.05, 0.1) is 0 Å². The Hall–Kier alpha value is -1.95. The minimum absolute atomic E-state index is 0.0151. The molecule has 1 aromatic carbocycles. The molecule has 0 bridgehead atoms. The third-order valence-corrected chi connectivity index (χ3v) is 6.74. The van der Waals surface area contributed by atoms with Crippen LogP contribution >= 0.6 is 0 Å². The zero-order valence-electron chi connectivity index (χ0n) is 16.1. The van der Waals surface area contributed by atoms with Crippen LogP contribution in [-0.2, 0) is 0 Å². The van der Waals surface area contributed by atoms with Crippen molar-refractivity contribution in [3.05, 3.63) is 18.2 Å². The number of carbonyl (C=O) groups excluding carboxylic acids is 1. The summed E-state index contributed by atoms with van der Waals surface area (Å²) in [6.45, 7) is 5.35. The zero-order chi connectivity index (χ0) is 18.4. The van der Waals surface area contributed by atoms with Crippen LogP contribution < -0.4 is 14.8 Å². The average molecular weight is 371 g/mol. The van der Waals surface area contributed by atoms with Crippen molar-refractivity contribution in [3.8, 4) is 11.5 Å². The summed E-state index contributed by atoms with van der Waals surface area (Å²) < 4.78 is 12.2. The molecule has 0 aromatic heterocycles. The molecule has 27 heavy (non-hydrogen) atoms. The number of hydrogen-bond donors (Lipinski definition) is 1. The third-order valence-electron chi connectivity index (χ3n) is 6.74. The predicted molar refractivity (Wildman–Crippen MR) is 103 cm³/mol. The van der Waals surface area contributed by atoms with Crippen LogP contribution in [0.15, 0.2) is 18.2 Å². The molecule has 3 fully saturated rings. The van der Waals surface area contributed by atoms with Gasteiger partial charge in [0.15, 0.2) is 11.5 Å². The van der Waals surface area contributed by atoms with Crippen LogP contribution in [0.1, 0.15) is 51.9 Å². The van der Waals surface area contributed by atoms with Gasteiger partial charge in [-0.2, -0.15) is 0 Å². The van der Waals surface area contributed by atoms with Gasteiger partial charge in [-0.25, -0.2) is 4.79 Å². The molecule has 2 saturated heterocycles. The van der Waals surface area contributed by atoms with Crippen LogP contribution in [0.25, 0.3) is 0 Å². The first-order chi connectivity index (χ1) is 13.1. The maximum absolute atomic E-state index is 12.9. The summed E-state index contributed by atoms with van der Waals surface area (Å²) in [7, 11) is 0. The van der Waals surface area contributed by atoms with Crippen LogP contribution in [0.3, 0.4) is 0 Å². The molecule has 1 aliphatic carbocycles. The van der Waals surface area contributed by atoms with Crippen molar-refractivity contribution in [1.82, 2.24) is 9.80 Å². The largest absolute Gasteiger partial charge is 0.448 e. The Morgan fingerprint density at radius 1 is 1.07 bits per heavy atom. The number of anilines is 1. The third kappa shape index (κ3) is 3.04. The monoisotopic (exact) mass is 371 g/mol. The van der Waals surface area contributed by atoms with Crippen LogP contribution in [0.2, 0.25) is 0 Å². The number of fused-ring (bicyclic) bond motifs is 1. The quantitative estimate of drug-likeness (QED) is 0.859. The smallest absolute Gasteiger partial charge is 0.322 e. The molecule has 1 aromatic rings. The number of hydrogen-bond acceptors (Lipinski definition) is 4. The van der Waals surface area contributed by atoms with Crippen molar-refractivity contribution >= 4 is 11.7 Å². The second kappa shape index (κ2) is 6.59. The number of ether oxygens (including phenoxy) is 2. The number of urea groups is 1. The summed E-state index contributed by atoms with van der Waals surface area (Å²) in [6.07, 6.45) is 7.80. The predicted octanol–water partition coefficient (Wildman–Crippen LogP) is 3.82. The van der Waals surface area contributed by atoms with Crippen molar-refractivity contribution in [3.63, 3.8) is 0 Å². The van der Waals surface area contributed by atoms with Crippen LogP contribution in [0, 0.1) is 0 Å². The van der Waals surface area contributed by atoms with Crippen molar-refractivity contribution in [2.45, 2.75) is 69.7 Å². The van der Waals surface area contributed by atoms with E-state index in [4.69, 9.17) is 9.47 Å². The SMILES string of the molecule is CC1C(N2CCCC2)CCN1C(=O)Nc1ccc2c(c1)OC1(CCCC1)O2. The maximum atomic E-state index is 12.9. The second-order valence-electron chi connectivity index (χ2n) is 8.45. The highest BCUT2D eigenvalue weighted by Gasteiger charge is 2.44. The van der Waals surface area contributed by atoms with Gasteiger partial charge in [0.25, 0.3) is 5.79 Å². The van der Waals surface area contributed by atoms with E-state index in [-0.39, 0.29) is 12.1 Å². The molecule has 2 unspecified atom stereocenters. The van der Waals surface area contributed by atoms with Gasteiger partial charge in [-0.3, -0.25) is 4.90 Å². The normalized spacial score (nSPS) is 29.0. The topological polar surface area (TPSA) is 54.0 Å². The second-order valence-corrected chi connectivity index (χ2v) is 8.45. The number of amides is 2. The molecule has 146 valence electrons. The summed E-state index contributed by atoms with van der Waals surface area (Å²) in [5, 5.41) is 3.07. The molecule has 1 N–H and O–H groups in total. The fourth-order valence-corrected chi connectivity index (χ4v) is 5.26. The molecule has 5 rings (SSSR count). The maximum Gasteiger partial charge on any atom is 0.322 e. The molecule has 2 atom stereocenters. The Morgan fingerprint density at radius 3 is 2.59 bits per heavy atom. The molecule has 1 saturated carbocycles. The van der Waals surface area contributed by atoms with Crippen LogP contribution in [0.5, 0.6) is 11.5 Å². The van der Waals surface area contributed by atoms with Crippen LogP contribution in [-0.4, -0.2) is 53.3 Å². The van der Waals surface area contributed by atoms with Gasteiger partial charge in [-0.15, -0.1) is 0 Å². The Morgan fingerprint density at radius 2 is 1.81 bits per heavy atom. The van der Waals surface area contributed by atoms with Gasteiger partial charge in [0, 0.05) is 43.2 Å². The molecule has 4 aliphatic rings. The van der Waals surface area contributed by atoms with E-state index < -0.39 is 5.79 Å². The summed E-state index contributed by atoms with van der Waals surface area (Å²) in [6, 6.07) is 6.46. The Balaban J connectivity index is 1.24. The summed E-state index contributed by atoms with van der Waals surface area (Å²) in [5.41, 5.74) is 0.772. The van der Waals surface area contributed by atoms with Crippen molar-refractivity contribution in [2.75, 3.05) is 25.0 Å². The lowest BCUT2D eigenvalue weighted by molar-refractivity contribution is -0.0716. The van der Waals surface area contributed by atoms with Crippen molar-refractivity contribution < 1.29 is 14.3 Å². The van der Waals surface area contributed by atoms with E-state index in [1.807, 2.05) is 23.1 Å². The Kier molecular flexibility index (Phi) is 4.19. The number of benzene rings is 1. The Bertz CT molecular complexity index is 725. The fraction of sp³-hybridized carbons (Fsp3) is 0.667. The van der Waals surface area contributed by atoms with E-state index >= 15 is 0 Å². The van der Waals surface area contributed by atoms with E-state index in [2.05, 4.69) is 17.1 Å². The number of likely N-dealkylation sites (tertiary alicyclic amines) is 2. The van der Waals surface area contributed by atoms with Gasteiger partial charge in [-0.05, 0) is 64.3 Å². The first-order valence-corrected chi connectivity index (χ1v) is 10.5. The summed E-state index contributed by atoms with van der Waals surface area (Å²) in [5.74, 6) is 1.08. The lowest BCUT2D eigenvalue weighted by Gasteiger charge is -2.30. The first-order valence-electron chi connectivity index (χ1n) is 10.5. The average Bonchev–Trinajstić information content (AvgIpc) is 3.42. The molecular weight excluding hydrogens is 342 g/mol. The van der Waals surface area contributed by atoms with E-state index in [1.165, 1.54) is 25.9 Å². The van der Waals surface area contributed by atoms with Gasteiger partial charge >= 0.3 is 6.03 Å². The summed E-state index contributed by atoms with van der Waals surface area (Å²) >= 11 is 0. The molecule has 3 aliphatic heterocycles. The zero-order valence-corrected chi connectivity index (χ0v) is 16.1. The molecular formula is C21H29N3O3. The van der Waals surface area contributed by atoms with E-state index in [0.29, 0.717) is 6.04 Å². The highest BCUT2D eigenvalue weighted by molar-refractivity contribution is 5.90. The van der Waals surface area contributed by atoms with E-state index in [0.717, 1.165) is 55.8 Å². The molecule has 3 heterocycles. The molecule has 6 nitrogen and oxygen atoms in total. The van der Waals surface area contributed by atoms with Gasteiger partial charge in [0.1, 0.15) is 0 Å². The number of carbonyl (C=O) groups is 1. The Labute approximate surface area is 160 Å². The van der Waals surface area contributed by atoms with Crippen LogP contribution in [0.4, 0.5) is 10.5 Å². The highest BCUT2D eigenvalue weighted by Crippen LogP contribution is 2.47. The standard InChI is InChI=1S/C21H29N3O3/c1-15-17(23-11-4-5-12-23)8-13-24(15)20(25)22-16-6-7-18-19(14-16)27-21(26-18)9-2-3-10-21/h6-7,14-15,17H,2-5,8-13H2,1H3,(H,22,25). The summed E-state index contributed by atoms with van der Waals surface area (Å²) in [4.78, 5) is 17.4. The lowest BCUT2D eigenvalue weighted by atomic mass is 10.1. The molecule has 6 heteroatoms. The highest BCUT2D eigenvalue weighted by atomic mass is 16.7. The number of rotatable bonds is 2. The minimum Gasteiger partial charge on any atom is -0.448 e.